The highest BCUT2D eigenvalue weighted by atomic mass is 32.1. The number of carbonyl (C=O) groups excluding carboxylic acids is 3. The molecule has 0 spiro atoms. The van der Waals surface area contributed by atoms with Gasteiger partial charge in [0, 0.05) is 17.3 Å². The van der Waals surface area contributed by atoms with Gasteiger partial charge in [-0.2, -0.15) is 0 Å². The van der Waals surface area contributed by atoms with Crippen LogP contribution in [0.25, 0.3) is 0 Å². The van der Waals surface area contributed by atoms with E-state index in [1.165, 1.54) is 23.7 Å². The Morgan fingerprint density at radius 1 is 1.23 bits per heavy atom. The minimum atomic E-state index is -0.632. The van der Waals surface area contributed by atoms with E-state index in [9.17, 15) is 14.4 Å². The molecule has 1 amide bonds. The number of hydrogen-bond donors (Lipinski definition) is 1. The average Bonchev–Trinajstić information content (AvgIpc) is 3.21. The number of fused-ring (bicyclic) bond motifs is 1. The summed E-state index contributed by atoms with van der Waals surface area (Å²) in [6.45, 7) is 1.55. The summed E-state index contributed by atoms with van der Waals surface area (Å²) < 4.78 is 10.1. The molecule has 0 unspecified atom stereocenters. The van der Waals surface area contributed by atoms with Crippen LogP contribution in [0.2, 0.25) is 0 Å². The number of carbonyl (C=O) groups is 3. The molecular weight excluding hydrogens is 356 g/mol. The minimum Gasteiger partial charge on any atom is -0.462 e. The van der Waals surface area contributed by atoms with Crippen molar-refractivity contribution in [2.24, 2.45) is 0 Å². The predicted molar refractivity (Wildman–Crippen MR) is 95.4 cm³/mol. The standard InChI is InChI=1S/C18H18N2O5S/c1-2-24-18(23)15-12-6-3-7-13(12)26-16(15)20-14(21)10-25-17(22)11-5-4-8-19-9-11/h4-5,8-9H,2-3,6-7,10H2,1H3,(H,20,21). The minimum absolute atomic E-state index is 0.263. The molecule has 2 aromatic heterocycles. The van der Waals surface area contributed by atoms with E-state index >= 15 is 0 Å². The molecule has 26 heavy (non-hydrogen) atoms. The van der Waals surface area contributed by atoms with E-state index in [-0.39, 0.29) is 12.2 Å². The van der Waals surface area contributed by atoms with Crippen molar-refractivity contribution >= 4 is 34.2 Å². The molecular formula is C18H18N2O5S. The number of esters is 2. The van der Waals surface area contributed by atoms with Crippen LogP contribution in [-0.2, 0) is 27.1 Å². The van der Waals surface area contributed by atoms with Crippen molar-refractivity contribution in [3.8, 4) is 0 Å². The van der Waals surface area contributed by atoms with Gasteiger partial charge in [-0.25, -0.2) is 9.59 Å². The molecule has 0 bridgehead atoms. The monoisotopic (exact) mass is 374 g/mol. The number of thiophene rings is 1. The number of nitrogens with one attached hydrogen (secondary N) is 1. The highest BCUT2D eigenvalue weighted by Gasteiger charge is 2.28. The molecule has 0 radical (unpaired) electrons. The molecule has 1 aliphatic rings. The van der Waals surface area contributed by atoms with Gasteiger partial charge in [0.1, 0.15) is 5.00 Å². The average molecular weight is 374 g/mol. The first kappa shape index (κ1) is 18.1. The SMILES string of the molecule is CCOC(=O)c1c(NC(=O)COC(=O)c2cccnc2)sc2c1CCC2. The van der Waals surface area contributed by atoms with Gasteiger partial charge in [-0.15, -0.1) is 11.3 Å². The summed E-state index contributed by atoms with van der Waals surface area (Å²) in [6, 6.07) is 3.16. The summed E-state index contributed by atoms with van der Waals surface area (Å²) in [4.78, 5) is 41.2. The predicted octanol–water partition coefficient (Wildman–Crippen LogP) is 2.60. The molecule has 7 nitrogen and oxygen atoms in total. The van der Waals surface area contributed by atoms with Gasteiger partial charge in [-0.05, 0) is 43.9 Å². The van der Waals surface area contributed by atoms with E-state index in [1.807, 2.05) is 0 Å². The first-order valence-electron chi connectivity index (χ1n) is 8.28. The van der Waals surface area contributed by atoms with Crippen LogP contribution in [0.15, 0.2) is 24.5 Å². The fourth-order valence-electron chi connectivity index (χ4n) is 2.77. The molecule has 8 heteroatoms. The van der Waals surface area contributed by atoms with E-state index in [4.69, 9.17) is 9.47 Å². The highest BCUT2D eigenvalue weighted by Crippen LogP contribution is 2.39. The number of pyridine rings is 1. The second kappa shape index (κ2) is 8.09. The summed E-state index contributed by atoms with van der Waals surface area (Å²) >= 11 is 1.38. The number of ether oxygens (including phenoxy) is 2. The summed E-state index contributed by atoms with van der Waals surface area (Å²) in [7, 11) is 0. The zero-order valence-corrected chi connectivity index (χ0v) is 15.1. The zero-order valence-electron chi connectivity index (χ0n) is 14.2. The first-order chi connectivity index (χ1) is 12.6. The van der Waals surface area contributed by atoms with Gasteiger partial charge in [0.2, 0.25) is 0 Å². The Morgan fingerprint density at radius 2 is 2.08 bits per heavy atom. The smallest absolute Gasteiger partial charge is 0.341 e. The molecule has 2 heterocycles. The maximum atomic E-state index is 12.3. The van der Waals surface area contributed by atoms with Gasteiger partial charge in [-0.3, -0.25) is 9.78 Å². The Bertz CT molecular complexity index is 832. The van der Waals surface area contributed by atoms with E-state index in [1.54, 1.807) is 19.1 Å². The summed E-state index contributed by atoms with van der Waals surface area (Å²) in [5.74, 6) is -1.57. The van der Waals surface area contributed by atoms with Crippen molar-refractivity contribution in [2.75, 3.05) is 18.5 Å². The molecule has 1 N–H and O–H groups in total. The maximum Gasteiger partial charge on any atom is 0.341 e. The third-order valence-electron chi connectivity index (χ3n) is 3.89. The van der Waals surface area contributed by atoms with Crippen LogP contribution < -0.4 is 5.32 Å². The van der Waals surface area contributed by atoms with Crippen molar-refractivity contribution in [1.29, 1.82) is 0 Å². The van der Waals surface area contributed by atoms with Crippen molar-refractivity contribution in [2.45, 2.75) is 26.2 Å². The Hall–Kier alpha value is -2.74. The lowest BCUT2D eigenvalue weighted by atomic mass is 10.1. The second-order valence-corrected chi connectivity index (χ2v) is 6.75. The molecule has 0 aliphatic heterocycles. The Kier molecular flexibility index (Phi) is 5.62. The van der Waals surface area contributed by atoms with Crippen LogP contribution in [0, 0.1) is 0 Å². The van der Waals surface area contributed by atoms with Crippen molar-refractivity contribution in [3.05, 3.63) is 46.1 Å². The molecule has 0 aromatic carbocycles. The van der Waals surface area contributed by atoms with Crippen LogP contribution in [-0.4, -0.2) is 36.0 Å². The Morgan fingerprint density at radius 3 is 2.81 bits per heavy atom. The van der Waals surface area contributed by atoms with Crippen molar-refractivity contribution in [3.63, 3.8) is 0 Å². The van der Waals surface area contributed by atoms with Crippen LogP contribution in [0.5, 0.6) is 0 Å². The molecule has 136 valence electrons. The van der Waals surface area contributed by atoms with Crippen molar-refractivity contribution in [1.82, 2.24) is 4.98 Å². The number of anilines is 1. The largest absolute Gasteiger partial charge is 0.462 e. The van der Waals surface area contributed by atoms with E-state index in [0.717, 1.165) is 29.7 Å². The van der Waals surface area contributed by atoms with Crippen molar-refractivity contribution < 1.29 is 23.9 Å². The fraction of sp³-hybridized carbons (Fsp3) is 0.333. The highest BCUT2D eigenvalue weighted by molar-refractivity contribution is 7.17. The Labute approximate surface area is 154 Å². The Balaban J connectivity index is 1.66. The molecule has 0 saturated carbocycles. The number of hydrogen-bond acceptors (Lipinski definition) is 7. The van der Waals surface area contributed by atoms with Gasteiger partial charge in [0.15, 0.2) is 6.61 Å². The van der Waals surface area contributed by atoms with Gasteiger partial charge >= 0.3 is 11.9 Å². The zero-order chi connectivity index (χ0) is 18.5. The number of rotatable bonds is 6. The lowest BCUT2D eigenvalue weighted by Crippen LogP contribution is -2.22. The number of aromatic nitrogens is 1. The summed E-state index contributed by atoms with van der Waals surface area (Å²) in [5.41, 5.74) is 1.65. The second-order valence-electron chi connectivity index (χ2n) is 5.65. The molecule has 3 rings (SSSR count). The fourth-order valence-corrected chi connectivity index (χ4v) is 4.07. The summed E-state index contributed by atoms with van der Waals surface area (Å²) in [5, 5.41) is 3.13. The quantitative estimate of drug-likeness (QED) is 0.781. The first-order valence-corrected chi connectivity index (χ1v) is 9.10. The molecule has 0 atom stereocenters. The van der Waals surface area contributed by atoms with Crippen LogP contribution >= 0.6 is 11.3 Å². The third kappa shape index (κ3) is 3.91. The van der Waals surface area contributed by atoms with Gasteiger partial charge in [-0.1, -0.05) is 0 Å². The number of amides is 1. The van der Waals surface area contributed by atoms with Gasteiger partial charge in [0.25, 0.3) is 5.91 Å². The number of aryl methyl sites for hydroxylation is 1. The summed E-state index contributed by atoms with van der Waals surface area (Å²) in [6.07, 6.45) is 5.58. The molecule has 2 aromatic rings. The lowest BCUT2D eigenvalue weighted by molar-refractivity contribution is -0.119. The lowest BCUT2D eigenvalue weighted by Gasteiger charge is -2.08. The van der Waals surface area contributed by atoms with Crippen LogP contribution in [0.1, 0.15) is 44.5 Å². The normalized spacial score (nSPS) is 12.3. The van der Waals surface area contributed by atoms with E-state index in [2.05, 4.69) is 10.3 Å². The topological polar surface area (TPSA) is 94.6 Å². The van der Waals surface area contributed by atoms with Gasteiger partial charge < -0.3 is 14.8 Å². The van der Waals surface area contributed by atoms with Crippen LogP contribution in [0.4, 0.5) is 5.00 Å². The molecule has 0 fully saturated rings. The number of nitrogens with zero attached hydrogens (tertiary/aromatic N) is 1. The van der Waals surface area contributed by atoms with E-state index in [0.29, 0.717) is 10.6 Å². The molecule has 1 aliphatic carbocycles. The van der Waals surface area contributed by atoms with E-state index < -0.39 is 24.5 Å². The van der Waals surface area contributed by atoms with Crippen LogP contribution in [0.3, 0.4) is 0 Å². The maximum absolute atomic E-state index is 12.3. The molecule has 0 saturated heterocycles. The third-order valence-corrected chi connectivity index (χ3v) is 5.09. The van der Waals surface area contributed by atoms with Gasteiger partial charge in [0.05, 0.1) is 17.7 Å².